The zero-order valence-electron chi connectivity index (χ0n) is 8.47. The third kappa shape index (κ3) is 2.29. The van der Waals surface area contributed by atoms with Crippen molar-refractivity contribution in [2.24, 2.45) is 0 Å². The van der Waals surface area contributed by atoms with Crippen LogP contribution >= 0.6 is 0 Å². The van der Waals surface area contributed by atoms with Crippen molar-refractivity contribution >= 4 is 0 Å². The molecular weight excluding hydrogens is 188 g/mol. The zero-order valence-corrected chi connectivity index (χ0v) is 8.47. The second kappa shape index (κ2) is 4.05. The Hall–Kier alpha value is -1.96. The highest BCUT2D eigenvalue weighted by molar-refractivity contribution is 5.38. The van der Waals surface area contributed by atoms with Gasteiger partial charge in [-0.1, -0.05) is 18.2 Å². The third-order valence-corrected chi connectivity index (χ3v) is 2.16. The second-order valence-corrected chi connectivity index (χ2v) is 3.36. The Morgan fingerprint density at radius 2 is 1.60 bits per heavy atom. The van der Waals surface area contributed by atoms with Gasteiger partial charge in [0.25, 0.3) is 0 Å². The van der Waals surface area contributed by atoms with E-state index in [1.807, 2.05) is 31.2 Å². The first-order valence-electron chi connectivity index (χ1n) is 4.78. The standard InChI is InChI=1S/C13H12O2/c1-10-4-2-3-5-13(10)15-12-8-6-11(14)7-9-12/h2-9,14H,1H3. The number of benzene rings is 2. The van der Waals surface area contributed by atoms with Gasteiger partial charge in [0.15, 0.2) is 0 Å². The molecule has 0 spiro atoms. The minimum absolute atomic E-state index is 0.243. The normalized spacial score (nSPS) is 9.93. The molecule has 0 bridgehead atoms. The Morgan fingerprint density at radius 3 is 2.27 bits per heavy atom. The van der Waals surface area contributed by atoms with E-state index in [0.717, 1.165) is 17.1 Å². The molecule has 0 atom stereocenters. The van der Waals surface area contributed by atoms with E-state index in [1.165, 1.54) is 0 Å². The van der Waals surface area contributed by atoms with Crippen molar-refractivity contribution in [1.82, 2.24) is 0 Å². The molecule has 76 valence electrons. The van der Waals surface area contributed by atoms with E-state index in [1.54, 1.807) is 24.3 Å². The van der Waals surface area contributed by atoms with Gasteiger partial charge in [0.05, 0.1) is 0 Å². The predicted molar refractivity (Wildman–Crippen MR) is 59.4 cm³/mol. The lowest BCUT2D eigenvalue weighted by Gasteiger charge is -2.07. The molecule has 2 nitrogen and oxygen atoms in total. The summed E-state index contributed by atoms with van der Waals surface area (Å²) in [7, 11) is 0. The number of ether oxygens (including phenoxy) is 1. The Bertz CT molecular complexity index is 446. The highest BCUT2D eigenvalue weighted by Crippen LogP contribution is 2.25. The lowest BCUT2D eigenvalue weighted by atomic mass is 10.2. The van der Waals surface area contributed by atoms with Gasteiger partial charge in [0.2, 0.25) is 0 Å². The van der Waals surface area contributed by atoms with Crippen LogP contribution in [-0.2, 0) is 0 Å². The molecule has 0 saturated heterocycles. The molecule has 15 heavy (non-hydrogen) atoms. The van der Waals surface area contributed by atoms with Gasteiger partial charge in [-0.2, -0.15) is 0 Å². The van der Waals surface area contributed by atoms with E-state index in [4.69, 9.17) is 9.84 Å². The Morgan fingerprint density at radius 1 is 0.933 bits per heavy atom. The molecule has 0 unspecified atom stereocenters. The van der Waals surface area contributed by atoms with Crippen molar-refractivity contribution in [3.8, 4) is 17.2 Å². The maximum Gasteiger partial charge on any atom is 0.130 e. The summed E-state index contributed by atoms with van der Waals surface area (Å²) >= 11 is 0. The number of aryl methyl sites for hydroxylation is 1. The quantitative estimate of drug-likeness (QED) is 0.804. The summed E-state index contributed by atoms with van der Waals surface area (Å²) in [6.07, 6.45) is 0. The largest absolute Gasteiger partial charge is 0.508 e. The van der Waals surface area contributed by atoms with Crippen molar-refractivity contribution in [3.63, 3.8) is 0 Å². The highest BCUT2D eigenvalue weighted by atomic mass is 16.5. The van der Waals surface area contributed by atoms with Gasteiger partial charge in [0, 0.05) is 0 Å². The van der Waals surface area contributed by atoms with Crippen LogP contribution in [0.3, 0.4) is 0 Å². The Kier molecular flexibility index (Phi) is 2.59. The van der Waals surface area contributed by atoms with Crippen LogP contribution in [0.15, 0.2) is 48.5 Å². The maximum atomic E-state index is 9.12. The van der Waals surface area contributed by atoms with Crippen LogP contribution in [0, 0.1) is 6.92 Å². The topological polar surface area (TPSA) is 29.5 Å². The van der Waals surface area contributed by atoms with E-state index in [2.05, 4.69) is 0 Å². The van der Waals surface area contributed by atoms with E-state index >= 15 is 0 Å². The van der Waals surface area contributed by atoms with Crippen molar-refractivity contribution < 1.29 is 9.84 Å². The first-order chi connectivity index (χ1) is 7.25. The average molecular weight is 200 g/mol. The molecule has 0 aromatic heterocycles. The van der Waals surface area contributed by atoms with E-state index in [0.29, 0.717) is 0 Å². The maximum absolute atomic E-state index is 9.12. The zero-order chi connectivity index (χ0) is 10.7. The van der Waals surface area contributed by atoms with Gasteiger partial charge in [-0.25, -0.2) is 0 Å². The van der Waals surface area contributed by atoms with Gasteiger partial charge in [-0.05, 0) is 42.8 Å². The van der Waals surface area contributed by atoms with E-state index in [-0.39, 0.29) is 5.75 Å². The smallest absolute Gasteiger partial charge is 0.130 e. The van der Waals surface area contributed by atoms with Crippen molar-refractivity contribution in [2.75, 3.05) is 0 Å². The fraction of sp³-hybridized carbons (Fsp3) is 0.0769. The Balaban J connectivity index is 2.22. The molecule has 0 amide bonds. The molecule has 0 aliphatic rings. The van der Waals surface area contributed by atoms with Crippen LogP contribution in [0.25, 0.3) is 0 Å². The van der Waals surface area contributed by atoms with Crippen LogP contribution in [-0.4, -0.2) is 5.11 Å². The number of rotatable bonds is 2. The van der Waals surface area contributed by atoms with Crippen LogP contribution in [0.4, 0.5) is 0 Å². The van der Waals surface area contributed by atoms with Crippen LogP contribution in [0.5, 0.6) is 17.2 Å². The van der Waals surface area contributed by atoms with Gasteiger partial charge in [-0.15, -0.1) is 0 Å². The number of hydrogen-bond acceptors (Lipinski definition) is 2. The molecular formula is C13H12O2. The number of phenolic OH excluding ortho intramolecular Hbond substituents is 1. The summed E-state index contributed by atoms with van der Waals surface area (Å²) < 4.78 is 5.65. The first-order valence-corrected chi connectivity index (χ1v) is 4.78. The van der Waals surface area contributed by atoms with Gasteiger partial charge >= 0.3 is 0 Å². The molecule has 0 saturated carbocycles. The monoisotopic (exact) mass is 200 g/mol. The molecule has 2 aromatic rings. The molecule has 0 fully saturated rings. The van der Waals surface area contributed by atoms with Crippen molar-refractivity contribution in [2.45, 2.75) is 6.92 Å². The molecule has 0 aliphatic heterocycles. The molecule has 2 aromatic carbocycles. The predicted octanol–water partition coefficient (Wildman–Crippen LogP) is 3.49. The summed E-state index contributed by atoms with van der Waals surface area (Å²) in [5, 5.41) is 9.12. The average Bonchev–Trinajstić information content (AvgIpc) is 2.25. The van der Waals surface area contributed by atoms with Crippen molar-refractivity contribution in [3.05, 3.63) is 54.1 Å². The molecule has 0 radical (unpaired) electrons. The van der Waals surface area contributed by atoms with Crippen LogP contribution in [0.2, 0.25) is 0 Å². The van der Waals surface area contributed by atoms with Crippen molar-refractivity contribution in [1.29, 1.82) is 0 Å². The highest BCUT2D eigenvalue weighted by Gasteiger charge is 1.99. The van der Waals surface area contributed by atoms with Gasteiger partial charge < -0.3 is 9.84 Å². The number of phenols is 1. The van der Waals surface area contributed by atoms with Gasteiger partial charge in [0.1, 0.15) is 17.2 Å². The minimum atomic E-state index is 0.243. The molecule has 1 N–H and O–H groups in total. The first kappa shape index (κ1) is 9.59. The summed E-state index contributed by atoms with van der Waals surface area (Å²) in [4.78, 5) is 0. The number of aromatic hydroxyl groups is 1. The molecule has 0 heterocycles. The fourth-order valence-electron chi connectivity index (χ4n) is 1.31. The molecule has 2 rings (SSSR count). The van der Waals surface area contributed by atoms with E-state index < -0.39 is 0 Å². The van der Waals surface area contributed by atoms with Gasteiger partial charge in [-0.3, -0.25) is 0 Å². The summed E-state index contributed by atoms with van der Waals surface area (Å²) in [6.45, 7) is 2.00. The lowest BCUT2D eigenvalue weighted by molar-refractivity contribution is 0.463. The van der Waals surface area contributed by atoms with Crippen LogP contribution < -0.4 is 4.74 Å². The van der Waals surface area contributed by atoms with E-state index in [9.17, 15) is 0 Å². The van der Waals surface area contributed by atoms with Crippen LogP contribution in [0.1, 0.15) is 5.56 Å². The lowest BCUT2D eigenvalue weighted by Crippen LogP contribution is -1.86. The second-order valence-electron chi connectivity index (χ2n) is 3.36. The Labute approximate surface area is 88.8 Å². The summed E-state index contributed by atoms with van der Waals surface area (Å²) in [6, 6.07) is 14.5. The summed E-state index contributed by atoms with van der Waals surface area (Å²) in [5.74, 6) is 1.80. The SMILES string of the molecule is Cc1ccccc1Oc1ccc(O)cc1. The third-order valence-electron chi connectivity index (χ3n) is 2.16. The fourth-order valence-corrected chi connectivity index (χ4v) is 1.31. The number of para-hydroxylation sites is 1. The molecule has 0 aliphatic carbocycles. The minimum Gasteiger partial charge on any atom is -0.508 e. The summed E-state index contributed by atoms with van der Waals surface area (Å²) in [5.41, 5.74) is 1.09. The number of hydrogen-bond donors (Lipinski definition) is 1. The molecule has 2 heteroatoms.